The normalized spacial score (nSPS) is 9.73. The minimum atomic E-state index is -0.508. The number of aryl methyl sites for hydroxylation is 2. The topological polar surface area (TPSA) is 29.1 Å². The average Bonchev–Trinajstić information content (AvgIpc) is 1.97. The summed E-state index contributed by atoms with van der Waals surface area (Å²) in [6.45, 7) is 3.35. The van der Waals surface area contributed by atoms with E-state index in [1.165, 1.54) is 0 Å². The molecule has 2 nitrogen and oxygen atoms in total. The van der Waals surface area contributed by atoms with Crippen LogP contribution >= 0.6 is 0 Å². The van der Waals surface area contributed by atoms with E-state index in [1.807, 2.05) is 32.0 Å². The Kier molecular flexibility index (Phi) is 2.49. The fourth-order valence-corrected chi connectivity index (χ4v) is 1.09. The van der Waals surface area contributed by atoms with Gasteiger partial charge in [-0.3, -0.25) is 0 Å². The lowest BCUT2D eigenvalue weighted by Crippen LogP contribution is -1.97. The van der Waals surface area contributed by atoms with E-state index in [4.69, 9.17) is 4.74 Å². The highest BCUT2D eigenvalue weighted by atomic mass is 16.6. The van der Waals surface area contributed by atoms with Crippen molar-refractivity contribution in [3.05, 3.63) is 29.3 Å². The molecule has 2 heteroatoms. The molecule has 0 aliphatic heterocycles. The molecule has 0 fully saturated rings. The maximum Gasteiger partial charge on any atom is 0.221 e. The summed E-state index contributed by atoms with van der Waals surface area (Å²) in [5.41, 5.74) is 2.03. The van der Waals surface area contributed by atoms with Crippen LogP contribution in [-0.4, -0.2) is 6.79 Å². The SMILES string of the molecule is Cc1cccc(C)c1OC[O]. The van der Waals surface area contributed by atoms with Crippen molar-refractivity contribution in [2.75, 3.05) is 6.79 Å². The van der Waals surface area contributed by atoms with Gasteiger partial charge in [0.1, 0.15) is 5.75 Å². The zero-order valence-electron chi connectivity index (χ0n) is 6.76. The predicted molar refractivity (Wildman–Crippen MR) is 42.1 cm³/mol. The van der Waals surface area contributed by atoms with Gasteiger partial charge in [-0.2, -0.15) is 5.11 Å². The molecule has 0 atom stereocenters. The molecule has 0 spiro atoms. The third-order valence-corrected chi connectivity index (χ3v) is 1.61. The van der Waals surface area contributed by atoms with Crippen LogP contribution in [-0.2, 0) is 5.11 Å². The van der Waals surface area contributed by atoms with Crippen molar-refractivity contribution >= 4 is 0 Å². The molecule has 0 heterocycles. The van der Waals surface area contributed by atoms with Gasteiger partial charge in [0.15, 0.2) is 0 Å². The summed E-state index contributed by atoms with van der Waals surface area (Å²) in [6.07, 6.45) is 0. The quantitative estimate of drug-likeness (QED) is 0.595. The highest BCUT2D eigenvalue weighted by molar-refractivity contribution is 5.39. The third-order valence-electron chi connectivity index (χ3n) is 1.61. The van der Waals surface area contributed by atoms with Crippen molar-refractivity contribution in [1.82, 2.24) is 0 Å². The highest BCUT2D eigenvalue weighted by Crippen LogP contribution is 2.21. The molecule has 0 saturated heterocycles. The number of hydrogen-bond acceptors (Lipinski definition) is 1. The van der Waals surface area contributed by atoms with Crippen LogP contribution in [0.3, 0.4) is 0 Å². The second-order valence-corrected chi connectivity index (χ2v) is 2.48. The second kappa shape index (κ2) is 3.39. The van der Waals surface area contributed by atoms with Crippen LogP contribution in [0.4, 0.5) is 0 Å². The number of ether oxygens (including phenoxy) is 1. The molecule has 0 aliphatic carbocycles. The summed E-state index contributed by atoms with van der Waals surface area (Å²) in [7, 11) is 0. The van der Waals surface area contributed by atoms with Gasteiger partial charge in [-0.25, -0.2) is 0 Å². The molecule has 1 aromatic carbocycles. The van der Waals surface area contributed by atoms with Crippen molar-refractivity contribution in [3.8, 4) is 5.75 Å². The molecule has 0 unspecified atom stereocenters. The lowest BCUT2D eigenvalue weighted by Gasteiger charge is -2.07. The van der Waals surface area contributed by atoms with Gasteiger partial charge in [0.05, 0.1) is 0 Å². The molecular weight excluding hydrogens is 140 g/mol. The number of rotatable bonds is 2. The second-order valence-electron chi connectivity index (χ2n) is 2.48. The van der Waals surface area contributed by atoms with Crippen LogP contribution in [0.5, 0.6) is 5.75 Å². The number of hydrogen-bond donors (Lipinski definition) is 0. The lowest BCUT2D eigenvalue weighted by atomic mass is 10.1. The molecular formula is C9H11O2. The summed E-state index contributed by atoms with van der Waals surface area (Å²) in [5, 5.41) is 10.2. The maximum absolute atomic E-state index is 10.2. The standard InChI is InChI=1S/C9H11O2/c1-7-4-3-5-8(2)9(7)11-6-10/h3-5H,6H2,1-2H3. The van der Waals surface area contributed by atoms with Gasteiger partial charge >= 0.3 is 0 Å². The number of para-hydroxylation sites is 1. The predicted octanol–water partition coefficient (Wildman–Crippen LogP) is 2.07. The van der Waals surface area contributed by atoms with Crippen LogP contribution in [0.15, 0.2) is 18.2 Å². The smallest absolute Gasteiger partial charge is 0.221 e. The lowest BCUT2D eigenvalue weighted by molar-refractivity contribution is 0.0366. The van der Waals surface area contributed by atoms with Crippen molar-refractivity contribution in [2.24, 2.45) is 0 Å². The summed E-state index contributed by atoms with van der Waals surface area (Å²) in [5.74, 6) is 0.725. The van der Waals surface area contributed by atoms with Gasteiger partial charge in [-0.1, -0.05) is 18.2 Å². The summed E-state index contributed by atoms with van der Waals surface area (Å²) >= 11 is 0. The van der Waals surface area contributed by atoms with Crippen LogP contribution in [0.25, 0.3) is 0 Å². The Morgan fingerprint density at radius 2 is 1.82 bits per heavy atom. The Balaban J connectivity index is 3.00. The minimum absolute atomic E-state index is 0.508. The molecule has 0 aromatic heterocycles. The Hall–Kier alpha value is -1.02. The highest BCUT2D eigenvalue weighted by Gasteiger charge is 2.00. The maximum atomic E-state index is 10.2. The van der Waals surface area contributed by atoms with Crippen molar-refractivity contribution < 1.29 is 9.84 Å². The molecule has 11 heavy (non-hydrogen) atoms. The van der Waals surface area contributed by atoms with Gasteiger partial charge in [0.2, 0.25) is 6.79 Å². The van der Waals surface area contributed by atoms with Crippen molar-refractivity contribution in [1.29, 1.82) is 0 Å². The molecule has 0 saturated carbocycles. The Bertz CT molecular complexity index is 223. The Morgan fingerprint density at radius 1 is 1.27 bits per heavy atom. The third kappa shape index (κ3) is 1.71. The molecule has 1 rings (SSSR count). The van der Waals surface area contributed by atoms with Gasteiger partial charge in [-0.05, 0) is 25.0 Å². The minimum Gasteiger partial charge on any atom is -0.464 e. The largest absolute Gasteiger partial charge is 0.464 e. The van der Waals surface area contributed by atoms with Crippen LogP contribution in [0, 0.1) is 13.8 Å². The first-order valence-corrected chi connectivity index (χ1v) is 3.53. The number of benzene rings is 1. The fourth-order valence-electron chi connectivity index (χ4n) is 1.09. The van der Waals surface area contributed by atoms with E-state index >= 15 is 0 Å². The summed E-state index contributed by atoms with van der Waals surface area (Å²) in [4.78, 5) is 0. The molecule has 1 radical (unpaired) electrons. The zero-order chi connectivity index (χ0) is 8.27. The molecule has 1 aromatic rings. The van der Waals surface area contributed by atoms with E-state index in [-0.39, 0.29) is 0 Å². The van der Waals surface area contributed by atoms with E-state index in [1.54, 1.807) is 0 Å². The van der Waals surface area contributed by atoms with E-state index in [0.29, 0.717) is 0 Å². The van der Waals surface area contributed by atoms with E-state index in [9.17, 15) is 5.11 Å². The molecule has 0 N–H and O–H groups in total. The van der Waals surface area contributed by atoms with Crippen molar-refractivity contribution in [2.45, 2.75) is 13.8 Å². The summed E-state index contributed by atoms with van der Waals surface area (Å²) in [6, 6.07) is 5.80. The van der Waals surface area contributed by atoms with Gasteiger partial charge < -0.3 is 4.74 Å². The zero-order valence-corrected chi connectivity index (χ0v) is 6.76. The van der Waals surface area contributed by atoms with Crippen LogP contribution in [0.2, 0.25) is 0 Å². The monoisotopic (exact) mass is 151 g/mol. The molecule has 0 amide bonds. The van der Waals surface area contributed by atoms with Gasteiger partial charge in [0, 0.05) is 0 Å². The fraction of sp³-hybridized carbons (Fsp3) is 0.333. The van der Waals surface area contributed by atoms with Gasteiger partial charge in [0.25, 0.3) is 0 Å². The van der Waals surface area contributed by atoms with E-state index in [0.717, 1.165) is 16.9 Å². The molecule has 0 aliphatic rings. The first-order valence-electron chi connectivity index (χ1n) is 3.53. The van der Waals surface area contributed by atoms with Crippen LogP contribution in [0.1, 0.15) is 11.1 Å². The first kappa shape index (κ1) is 8.08. The Labute approximate surface area is 66.4 Å². The van der Waals surface area contributed by atoms with E-state index in [2.05, 4.69) is 0 Å². The average molecular weight is 151 g/mol. The Morgan fingerprint density at radius 3 is 2.27 bits per heavy atom. The van der Waals surface area contributed by atoms with Gasteiger partial charge in [-0.15, -0.1) is 0 Å². The molecule has 59 valence electrons. The summed E-state index contributed by atoms with van der Waals surface area (Å²) < 4.78 is 4.91. The molecule has 0 bridgehead atoms. The van der Waals surface area contributed by atoms with Crippen molar-refractivity contribution in [3.63, 3.8) is 0 Å². The first-order chi connectivity index (χ1) is 5.25. The van der Waals surface area contributed by atoms with Crippen LogP contribution < -0.4 is 4.74 Å². The van der Waals surface area contributed by atoms with E-state index < -0.39 is 6.79 Å².